The van der Waals surface area contributed by atoms with E-state index in [1.54, 1.807) is 17.0 Å². The Morgan fingerprint density at radius 3 is 2.88 bits per heavy atom. The summed E-state index contributed by atoms with van der Waals surface area (Å²) in [6.45, 7) is 3.31. The van der Waals surface area contributed by atoms with Crippen molar-refractivity contribution in [3.05, 3.63) is 23.3 Å². The Balaban J connectivity index is 2.48. The Labute approximate surface area is 94.4 Å². The Hall–Kier alpha value is -1.71. The van der Waals surface area contributed by atoms with Crippen LogP contribution in [0.2, 0.25) is 0 Å². The lowest BCUT2D eigenvalue weighted by atomic mass is 9.97. The Kier molecular flexibility index (Phi) is 2.73. The van der Waals surface area contributed by atoms with Gasteiger partial charge in [0.25, 0.3) is 5.91 Å². The summed E-state index contributed by atoms with van der Waals surface area (Å²) in [6, 6.07) is 3.35. The van der Waals surface area contributed by atoms with Crippen LogP contribution in [-0.4, -0.2) is 36.1 Å². The van der Waals surface area contributed by atoms with Crippen LogP contribution >= 0.6 is 0 Å². The topological polar surface area (TPSA) is 49.8 Å². The van der Waals surface area contributed by atoms with Crippen LogP contribution in [0.1, 0.15) is 22.8 Å². The lowest BCUT2D eigenvalue weighted by Crippen LogP contribution is -2.37. The molecule has 1 aliphatic rings. The molecule has 16 heavy (non-hydrogen) atoms. The van der Waals surface area contributed by atoms with Gasteiger partial charge in [0.2, 0.25) is 0 Å². The van der Waals surface area contributed by atoms with Crippen LogP contribution in [0.25, 0.3) is 0 Å². The lowest BCUT2D eigenvalue weighted by molar-refractivity contribution is 0.0747. The summed E-state index contributed by atoms with van der Waals surface area (Å²) >= 11 is 0. The van der Waals surface area contributed by atoms with Gasteiger partial charge in [-0.25, -0.2) is 0 Å². The number of nitrogens with zero attached hydrogens (tertiary/aromatic N) is 1. The van der Waals surface area contributed by atoms with Gasteiger partial charge in [0.15, 0.2) is 11.5 Å². The molecule has 1 aromatic carbocycles. The van der Waals surface area contributed by atoms with E-state index in [0.29, 0.717) is 36.4 Å². The number of amides is 1. The molecule has 1 aromatic rings. The first kappa shape index (κ1) is 10.8. The number of carbonyl (C=O) groups excluding carboxylic acids is 1. The van der Waals surface area contributed by atoms with Crippen LogP contribution in [0, 0.1) is 0 Å². The van der Waals surface area contributed by atoms with Gasteiger partial charge in [-0.15, -0.1) is 0 Å². The number of phenols is 1. The molecule has 2 rings (SSSR count). The zero-order valence-corrected chi connectivity index (χ0v) is 9.49. The minimum absolute atomic E-state index is 0.0123. The van der Waals surface area contributed by atoms with E-state index >= 15 is 0 Å². The quantitative estimate of drug-likeness (QED) is 0.821. The molecular weight excluding hydrogens is 206 g/mol. The SMILES string of the molecule is CCN1CCc2c(ccc(OC)c2O)C1=O. The maximum absolute atomic E-state index is 12.0. The zero-order valence-electron chi connectivity index (χ0n) is 9.49. The molecule has 1 N–H and O–H groups in total. The number of hydrogen-bond donors (Lipinski definition) is 1. The van der Waals surface area contributed by atoms with Crippen molar-refractivity contribution in [1.82, 2.24) is 4.90 Å². The van der Waals surface area contributed by atoms with E-state index in [-0.39, 0.29) is 11.7 Å². The van der Waals surface area contributed by atoms with Crippen LogP contribution < -0.4 is 4.74 Å². The average Bonchev–Trinajstić information content (AvgIpc) is 2.31. The molecule has 0 saturated carbocycles. The van der Waals surface area contributed by atoms with Gasteiger partial charge < -0.3 is 14.7 Å². The van der Waals surface area contributed by atoms with Crippen LogP contribution in [0.3, 0.4) is 0 Å². The van der Waals surface area contributed by atoms with E-state index in [1.165, 1.54) is 7.11 Å². The first-order valence-electron chi connectivity index (χ1n) is 5.37. The third kappa shape index (κ3) is 1.50. The molecule has 0 spiro atoms. The first-order valence-corrected chi connectivity index (χ1v) is 5.37. The predicted molar refractivity (Wildman–Crippen MR) is 59.9 cm³/mol. The normalized spacial score (nSPS) is 14.9. The molecule has 1 aliphatic heterocycles. The van der Waals surface area contributed by atoms with Gasteiger partial charge >= 0.3 is 0 Å². The molecule has 0 fully saturated rings. The minimum Gasteiger partial charge on any atom is -0.504 e. The summed E-state index contributed by atoms with van der Waals surface area (Å²) in [5.41, 5.74) is 1.29. The molecule has 1 amide bonds. The number of likely N-dealkylation sites (N-methyl/N-ethyl adjacent to an activating group) is 1. The molecule has 0 aromatic heterocycles. The van der Waals surface area contributed by atoms with E-state index in [0.717, 1.165) is 0 Å². The van der Waals surface area contributed by atoms with Crippen molar-refractivity contribution in [2.24, 2.45) is 0 Å². The molecule has 0 saturated heterocycles. The van der Waals surface area contributed by atoms with E-state index in [2.05, 4.69) is 0 Å². The number of aromatic hydroxyl groups is 1. The second-order valence-corrected chi connectivity index (χ2v) is 3.78. The van der Waals surface area contributed by atoms with Crippen LogP contribution in [-0.2, 0) is 6.42 Å². The summed E-state index contributed by atoms with van der Waals surface area (Å²) in [7, 11) is 1.50. The van der Waals surface area contributed by atoms with E-state index in [9.17, 15) is 9.90 Å². The molecule has 0 unspecified atom stereocenters. The van der Waals surface area contributed by atoms with Crippen LogP contribution in [0.15, 0.2) is 12.1 Å². The van der Waals surface area contributed by atoms with Gasteiger partial charge in [0.1, 0.15) is 0 Å². The van der Waals surface area contributed by atoms with Crippen molar-refractivity contribution in [3.63, 3.8) is 0 Å². The fourth-order valence-electron chi connectivity index (χ4n) is 2.05. The van der Waals surface area contributed by atoms with Gasteiger partial charge in [0, 0.05) is 24.2 Å². The standard InChI is InChI=1S/C12H15NO3/c1-3-13-7-6-8-9(12(13)15)4-5-10(16-2)11(8)14/h4-5,14H,3,6-7H2,1-2H3. The molecule has 4 heteroatoms. The minimum atomic E-state index is -0.0123. The highest BCUT2D eigenvalue weighted by Gasteiger charge is 2.26. The van der Waals surface area contributed by atoms with Crippen molar-refractivity contribution in [2.45, 2.75) is 13.3 Å². The summed E-state index contributed by atoms with van der Waals surface area (Å²) in [5.74, 6) is 0.516. The van der Waals surface area contributed by atoms with E-state index in [4.69, 9.17) is 4.74 Å². The maximum Gasteiger partial charge on any atom is 0.254 e. The monoisotopic (exact) mass is 221 g/mol. The van der Waals surface area contributed by atoms with Gasteiger partial charge in [-0.3, -0.25) is 4.79 Å². The van der Waals surface area contributed by atoms with Crippen molar-refractivity contribution in [3.8, 4) is 11.5 Å². The summed E-state index contributed by atoms with van der Waals surface area (Å²) in [4.78, 5) is 13.7. The second kappa shape index (κ2) is 4.04. The summed E-state index contributed by atoms with van der Waals surface area (Å²) in [6.07, 6.45) is 0.679. The third-order valence-electron chi connectivity index (χ3n) is 3.00. The predicted octanol–water partition coefficient (Wildman–Crippen LogP) is 1.42. The highest BCUT2D eigenvalue weighted by atomic mass is 16.5. The number of benzene rings is 1. The Bertz CT molecular complexity index is 429. The van der Waals surface area contributed by atoms with Crippen molar-refractivity contribution >= 4 is 5.91 Å². The number of ether oxygens (including phenoxy) is 1. The lowest BCUT2D eigenvalue weighted by Gasteiger charge is -2.28. The molecule has 0 radical (unpaired) electrons. The molecule has 86 valence electrons. The number of hydrogen-bond acceptors (Lipinski definition) is 3. The van der Waals surface area contributed by atoms with Crippen molar-refractivity contribution < 1.29 is 14.6 Å². The highest BCUT2D eigenvalue weighted by molar-refractivity contribution is 5.97. The largest absolute Gasteiger partial charge is 0.504 e. The molecule has 0 bridgehead atoms. The molecule has 0 aliphatic carbocycles. The fourth-order valence-corrected chi connectivity index (χ4v) is 2.05. The fraction of sp³-hybridized carbons (Fsp3) is 0.417. The number of carbonyl (C=O) groups is 1. The Morgan fingerprint density at radius 1 is 1.50 bits per heavy atom. The van der Waals surface area contributed by atoms with Gasteiger partial charge in [0.05, 0.1) is 7.11 Å². The van der Waals surface area contributed by atoms with E-state index < -0.39 is 0 Å². The van der Waals surface area contributed by atoms with Crippen LogP contribution in [0.4, 0.5) is 0 Å². The number of methoxy groups -OCH3 is 1. The average molecular weight is 221 g/mol. The molecule has 0 atom stereocenters. The summed E-state index contributed by atoms with van der Waals surface area (Å²) < 4.78 is 5.02. The van der Waals surface area contributed by atoms with E-state index in [1.807, 2.05) is 6.92 Å². The van der Waals surface area contributed by atoms with Crippen LogP contribution in [0.5, 0.6) is 11.5 Å². The number of rotatable bonds is 2. The van der Waals surface area contributed by atoms with Gasteiger partial charge in [-0.05, 0) is 25.5 Å². The number of phenolic OH excluding ortho intramolecular Hbond substituents is 1. The Morgan fingerprint density at radius 2 is 2.25 bits per heavy atom. The van der Waals surface area contributed by atoms with Crippen molar-refractivity contribution in [1.29, 1.82) is 0 Å². The zero-order chi connectivity index (χ0) is 11.7. The number of fused-ring (bicyclic) bond motifs is 1. The molecule has 4 nitrogen and oxygen atoms in total. The van der Waals surface area contributed by atoms with Gasteiger partial charge in [-0.2, -0.15) is 0 Å². The smallest absolute Gasteiger partial charge is 0.254 e. The maximum atomic E-state index is 12.0. The van der Waals surface area contributed by atoms with Gasteiger partial charge in [-0.1, -0.05) is 0 Å². The molecule has 1 heterocycles. The summed E-state index contributed by atoms with van der Waals surface area (Å²) in [5, 5.41) is 9.92. The molecular formula is C12H15NO3. The van der Waals surface area contributed by atoms with Crippen molar-refractivity contribution in [2.75, 3.05) is 20.2 Å². The first-order chi connectivity index (χ1) is 7.69. The third-order valence-corrected chi connectivity index (χ3v) is 3.00. The highest BCUT2D eigenvalue weighted by Crippen LogP contribution is 2.35. The second-order valence-electron chi connectivity index (χ2n) is 3.78.